The van der Waals surface area contributed by atoms with E-state index in [1.165, 1.54) is 12.1 Å². The number of benzene rings is 1. The predicted octanol–water partition coefficient (Wildman–Crippen LogP) is 3.82. The quantitative estimate of drug-likeness (QED) is 0.385. The highest BCUT2D eigenvalue weighted by Crippen LogP contribution is 2.28. The number of hydrogen-bond donors (Lipinski definition) is 1. The Hall–Kier alpha value is -3.82. The molecule has 0 aliphatic carbocycles. The number of fused-ring (bicyclic) bond motifs is 1. The molecule has 0 saturated carbocycles. The maximum absolute atomic E-state index is 11.1. The molecule has 10 heteroatoms. The molecule has 3 aromatic heterocycles. The molecule has 10 nitrogen and oxygen atoms in total. The fourth-order valence-corrected chi connectivity index (χ4v) is 3.57. The largest absolute Gasteiger partial charge is 0.351 e. The van der Waals surface area contributed by atoms with Gasteiger partial charge in [-0.15, -0.1) is 0 Å². The zero-order valence-corrected chi connectivity index (χ0v) is 18.1. The second-order valence-corrected chi connectivity index (χ2v) is 8.48. The number of nitro benzene ring substituents is 1. The molecule has 0 aliphatic rings. The Balaban J connectivity index is 1.64. The molecule has 4 aromatic rings. The van der Waals surface area contributed by atoms with Gasteiger partial charge in [0.2, 0.25) is 0 Å². The number of aryl methyl sites for hydroxylation is 1. The van der Waals surface area contributed by atoms with Crippen LogP contribution in [0, 0.1) is 17.0 Å². The first-order valence-corrected chi connectivity index (χ1v) is 9.86. The van der Waals surface area contributed by atoms with Gasteiger partial charge >= 0.3 is 0 Å². The van der Waals surface area contributed by atoms with Gasteiger partial charge in [-0.3, -0.25) is 10.1 Å². The highest BCUT2D eigenvalue weighted by molar-refractivity contribution is 5.86. The lowest BCUT2D eigenvalue weighted by atomic mass is 10.1. The van der Waals surface area contributed by atoms with Crippen molar-refractivity contribution in [1.29, 1.82) is 0 Å². The normalized spacial score (nSPS) is 11.8. The number of aromatic amines is 1. The number of aromatic nitrogens is 6. The Morgan fingerprint density at radius 2 is 2.03 bits per heavy atom. The molecule has 0 saturated heterocycles. The van der Waals surface area contributed by atoms with Crippen molar-refractivity contribution in [2.24, 2.45) is 0 Å². The summed E-state index contributed by atoms with van der Waals surface area (Å²) < 4.78 is 1.89. The van der Waals surface area contributed by atoms with E-state index in [4.69, 9.17) is 0 Å². The van der Waals surface area contributed by atoms with E-state index in [-0.39, 0.29) is 11.2 Å². The van der Waals surface area contributed by atoms with Crippen LogP contribution in [0.2, 0.25) is 0 Å². The van der Waals surface area contributed by atoms with E-state index >= 15 is 0 Å². The van der Waals surface area contributed by atoms with Crippen LogP contribution >= 0.6 is 0 Å². The monoisotopic (exact) mass is 420 g/mol. The number of H-pyrrole nitrogens is 1. The van der Waals surface area contributed by atoms with Crippen LogP contribution in [-0.2, 0) is 12.1 Å². The molecule has 0 amide bonds. The van der Waals surface area contributed by atoms with Gasteiger partial charge in [0.25, 0.3) is 5.69 Å². The summed E-state index contributed by atoms with van der Waals surface area (Å²) >= 11 is 0. The van der Waals surface area contributed by atoms with Crippen LogP contribution in [0.15, 0.2) is 36.8 Å². The zero-order chi connectivity index (χ0) is 22.3. The van der Waals surface area contributed by atoms with Crippen molar-refractivity contribution in [1.82, 2.24) is 29.7 Å². The van der Waals surface area contributed by atoms with Gasteiger partial charge in [-0.05, 0) is 27.7 Å². The first-order valence-electron chi connectivity index (χ1n) is 9.86. The molecule has 0 fully saturated rings. The van der Waals surface area contributed by atoms with Gasteiger partial charge in [0.1, 0.15) is 18.0 Å². The third-order valence-corrected chi connectivity index (χ3v) is 4.99. The third kappa shape index (κ3) is 3.83. The van der Waals surface area contributed by atoms with Crippen molar-refractivity contribution in [3.8, 4) is 11.3 Å². The molecule has 0 unspecified atom stereocenters. The van der Waals surface area contributed by atoms with Crippen LogP contribution in [0.1, 0.15) is 32.3 Å². The molecule has 1 aromatic carbocycles. The van der Waals surface area contributed by atoms with E-state index in [9.17, 15) is 10.1 Å². The van der Waals surface area contributed by atoms with Gasteiger partial charge in [-0.25, -0.2) is 19.6 Å². The van der Waals surface area contributed by atoms with Gasteiger partial charge in [-0.2, -0.15) is 5.10 Å². The molecular formula is C21H24N8O2. The zero-order valence-electron chi connectivity index (χ0n) is 18.1. The first-order chi connectivity index (χ1) is 14.6. The Bertz CT molecular complexity index is 1270. The van der Waals surface area contributed by atoms with Gasteiger partial charge in [0.05, 0.1) is 34.3 Å². The van der Waals surface area contributed by atoms with Crippen molar-refractivity contribution in [2.45, 2.75) is 39.8 Å². The number of anilines is 1. The molecule has 0 atom stereocenters. The van der Waals surface area contributed by atoms with Crippen LogP contribution in [0.5, 0.6) is 0 Å². The average molecular weight is 420 g/mol. The van der Waals surface area contributed by atoms with Crippen molar-refractivity contribution >= 4 is 22.5 Å². The highest BCUT2D eigenvalue weighted by atomic mass is 16.6. The topological polar surface area (TPSA) is 119 Å². The molecule has 3 heterocycles. The van der Waals surface area contributed by atoms with E-state index in [1.54, 1.807) is 18.6 Å². The minimum Gasteiger partial charge on any atom is -0.351 e. The number of non-ortho nitro benzene ring substituents is 1. The van der Waals surface area contributed by atoms with Crippen LogP contribution in [0.4, 0.5) is 11.5 Å². The maximum atomic E-state index is 11.1. The Labute approximate surface area is 179 Å². The number of nitro groups is 1. The number of nitrogens with zero attached hydrogens (tertiary/aromatic N) is 7. The summed E-state index contributed by atoms with van der Waals surface area (Å²) in [6.07, 6.45) is 3.33. The van der Waals surface area contributed by atoms with Crippen molar-refractivity contribution in [3.63, 3.8) is 0 Å². The summed E-state index contributed by atoms with van der Waals surface area (Å²) in [5.41, 5.74) is 2.86. The predicted molar refractivity (Wildman–Crippen MR) is 118 cm³/mol. The summed E-state index contributed by atoms with van der Waals surface area (Å²) in [7, 11) is 1.93. The second kappa shape index (κ2) is 7.46. The lowest BCUT2D eigenvalue weighted by Gasteiger charge is -2.20. The fourth-order valence-electron chi connectivity index (χ4n) is 3.57. The molecular weight excluding hydrogens is 396 g/mol. The van der Waals surface area contributed by atoms with Crippen LogP contribution in [0.25, 0.3) is 22.3 Å². The SMILES string of the molecule is Cc1[nH]c(CN(C)c2ncnc3c2cnn3C(C)(C)C)nc1-c1cccc([N+](=O)[O-])c1. The van der Waals surface area contributed by atoms with E-state index in [2.05, 4.69) is 45.8 Å². The van der Waals surface area contributed by atoms with Gasteiger partial charge < -0.3 is 9.88 Å². The fraction of sp³-hybridized carbons (Fsp3) is 0.333. The summed E-state index contributed by atoms with van der Waals surface area (Å²) in [6.45, 7) is 8.60. The smallest absolute Gasteiger partial charge is 0.270 e. The molecule has 31 heavy (non-hydrogen) atoms. The molecule has 0 aliphatic heterocycles. The summed E-state index contributed by atoms with van der Waals surface area (Å²) in [5.74, 6) is 1.49. The van der Waals surface area contributed by atoms with Gasteiger partial charge in [0.15, 0.2) is 5.65 Å². The summed E-state index contributed by atoms with van der Waals surface area (Å²) in [6, 6.07) is 6.49. The minimum absolute atomic E-state index is 0.0396. The number of hydrogen-bond acceptors (Lipinski definition) is 7. The maximum Gasteiger partial charge on any atom is 0.270 e. The van der Waals surface area contributed by atoms with Crippen molar-refractivity contribution < 1.29 is 4.92 Å². The number of imidazole rings is 1. The molecule has 1 N–H and O–H groups in total. The second-order valence-electron chi connectivity index (χ2n) is 8.48. The highest BCUT2D eigenvalue weighted by Gasteiger charge is 2.21. The lowest BCUT2D eigenvalue weighted by Crippen LogP contribution is -2.23. The summed E-state index contributed by atoms with van der Waals surface area (Å²) in [4.78, 5) is 29.5. The lowest BCUT2D eigenvalue weighted by molar-refractivity contribution is -0.384. The molecule has 0 bridgehead atoms. The Morgan fingerprint density at radius 1 is 1.26 bits per heavy atom. The van der Waals surface area contributed by atoms with Crippen molar-refractivity contribution in [2.75, 3.05) is 11.9 Å². The standard InChI is InChI=1S/C21H24N8O2/c1-13-18(14-7-6-8-15(9-14)29(30)31)26-17(25-13)11-27(5)19-16-10-24-28(21(2,3)4)20(16)23-12-22-19/h6-10,12H,11H2,1-5H3,(H,25,26). The molecule has 4 rings (SSSR count). The van der Waals surface area contributed by atoms with E-state index in [0.717, 1.165) is 28.4 Å². The van der Waals surface area contributed by atoms with E-state index in [0.29, 0.717) is 17.8 Å². The van der Waals surface area contributed by atoms with Crippen LogP contribution in [-0.4, -0.2) is 41.7 Å². The minimum atomic E-state index is -0.404. The van der Waals surface area contributed by atoms with E-state index in [1.807, 2.05) is 29.6 Å². The average Bonchev–Trinajstić information content (AvgIpc) is 3.31. The Morgan fingerprint density at radius 3 is 2.74 bits per heavy atom. The third-order valence-electron chi connectivity index (χ3n) is 4.99. The Kier molecular flexibility index (Phi) is 4.92. The first kappa shape index (κ1) is 20.5. The molecule has 0 spiro atoms. The molecule has 160 valence electrons. The van der Waals surface area contributed by atoms with E-state index < -0.39 is 4.92 Å². The number of rotatable bonds is 5. The molecule has 0 radical (unpaired) electrons. The summed E-state index contributed by atoms with van der Waals surface area (Å²) in [5, 5.41) is 16.5. The van der Waals surface area contributed by atoms with Gasteiger partial charge in [-0.1, -0.05) is 12.1 Å². The number of nitrogens with one attached hydrogen (secondary N) is 1. The van der Waals surface area contributed by atoms with Crippen LogP contribution in [0.3, 0.4) is 0 Å². The van der Waals surface area contributed by atoms with Crippen molar-refractivity contribution in [3.05, 3.63) is 58.4 Å². The van der Waals surface area contributed by atoms with Crippen LogP contribution < -0.4 is 4.90 Å². The van der Waals surface area contributed by atoms with Gasteiger partial charge in [0, 0.05) is 30.4 Å².